The number of hydrogen-bond donors (Lipinski definition) is 2. The second-order valence-corrected chi connectivity index (χ2v) is 4.05. The summed E-state index contributed by atoms with van der Waals surface area (Å²) in [5.74, 6) is 0.148. The minimum atomic E-state index is -0.315. The van der Waals surface area contributed by atoms with E-state index in [9.17, 15) is 4.39 Å². The molecule has 1 fully saturated rings. The summed E-state index contributed by atoms with van der Waals surface area (Å²) in [6.07, 6.45) is 2.31. The van der Waals surface area contributed by atoms with Crippen LogP contribution in [0.2, 0.25) is 0 Å². The van der Waals surface area contributed by atoms with Crippen LogP contribution in [0.4, 0.5) is 4.39 Å². The van der Waals surface area contributed by atoms with Crippen molar-refractivity contribution < 1.29 is 9.50 Å². The zero-order valence-electron chi connectivity index (χ0n) is 8.67. The van der Waals surface area contributed by atoms with E-state index in [1.807, 2.05) is 6.07 Å². The smallest absolute Gasteiger partial charge is 0.128 e. The first-order valence-electron chi connectivity index (χ1n) is 5.41. The molecule has 0 aromatic heterocycles. The maximum Gasteiger partial charge on any atom is 0.128 e. The molecule has 2 rings (SSSR count). The summed E-state index contributed by atoms with van der Waals surface area (Å²) in [6.45, 7) is 1.81. The Bertz CT molecular complexity index is 334. The SMILES string of the molecule is OCc1cc(C2CCCNC2)ccc1F. The maximum absolute atomic E-state index is 13.2. The van der Waals surface area contributed by atoms with Crippen molar-refractivity contribution in [3.63, 3.8) is 0 Å². The van der Waals surface area contributed by atoms with Gasteiger partial charge in [-0.15, -0.1) is 0 Å². The van der Waals surface area contributed by atoms with Crippen LogP contribution in [0.1, 0.15) is 29.9 Å². The van der Waals surface area contributed by atoms with E-state index in [2.05, 4.69) is 5.32 Å². The van der Waals surface area contributed by atoms with Gasteiger partial charge in [-0.25, -0.2) is 4.39 Å². The molecule has 1 aliphatic rings. The van der Waals surface area contributed by atoms with Gasteiger partial charge in [0, 0.05) is 12.1 Å². The number of halogens is 1. The number of aliphatic hydroxyl groups is 1. The third-order valence-corrected chi connectivity index (χ3v) is 3.01. The van der Waals surface area contributed by atoms with Crippen molar-refractivity contribution in [3.8, 4) is 0 Å². The molecule has 3 heteroatoms. The van der Waals surface area contributed by atoms with Gasteiger partial charge < -0.3 is 10.4 Å². The van der Waals surface area contributed by atoms with Gasteiger partial charge in [-0.1, -0.05) is 12.1 Å². The van der Waals surface area contributed by atoms with Gasteiger partial charge in [0.15, 0.2) is 0 Å². The van der Waals surface area contributed by atoms with E-state index in [1.165, 1.54) is 6.07 Å². The van der Waals surface area contributed by atoms with E-state index in [1.54, 1.807) is 6.07 Å². The molecule has 0 spiro atoms. The molecule has 15 heavy (non-hydrogen) atoms. The van der Waals surface area contributed by atoms with Gasteiger partial charge >= 0.3 is 0 Å². The van der Waals surface area contributed by atoms with Crippen molar-refractivity contribution in [2.45, 2.75) is 25.4 Å². The number of piperidine rings is 1. The van der Waals surface area contributed by atoms with Crippen molar-refractivity contribution in [2.75, 3.05) is 13.1 Å². The second-order valence-electron chi connectivity index (χ2n) is 4.05. The van der Waals surface area contributed by atoms with E-state index in [0.717, 1.165) is 31.5 Å². The molecular weight excluding hydrogens is 193 g/mol. The first-order chi connectivity index (χ1) is 7.31. The maximum atomic E-state index is 13.2. The summed E-state index contributed by atoms with van der Waals surface area (Å²) in [5.41, 5.74) is 1.53. The van der Waals surface area contributed by atoms with Crippen molar-refractivity contribution in [2.24, 2.45) is 0 Å². The molecule has 1 heterocycles. The summed E-state index contributed by atoms with van der Waals surface area (Å²) in [4.78, 5) is 0. The topological polar surface area (TPSA) is 32.3 Å². The Morgan fingerprint density at radius 3 is 3.00 bits per heavy atom. The molecule has 1 aromatic rings. The van der Waals surface area contributed by atoms with Crippen LogP contribution >= 0.6 is 0 Å². The Balaban J connectivity index is 2.20. The number of aliphatic hydroxyl groups excluding tert-OH is 1. The fraction of sp³-hybridized carbons (Fsp3) is 0.500. The van der Waals surface area contributed by atoms with Crippen LogP contribution in [0.15, 0.2) is 18.2 Å². The second kappa shape index (κ2) is 4.73. The largest absolute Gasteiger partial charge is 0.392 e. The van der Waals surface area contributed by atoms with Crippen LogP contribution in [0.25, 0.3) is 0 Å². The molecule has 1 atom stereocenters. The van der Waals surface area contributed by atoms with E-state index >= 15 is 0 Å². The summed E-state index contributed by atoms with van der Waals surface area (Å²) in [5, 5.41) is 12.3. The molecule has 0 aliphatic carbocycles. The van der Waals surface area contributed by atoms with E-state index in [-0.39, 0.29) is 12.4 Å². The van der Waals surface area contributed by atoms with Gasteiger partial charge in [0.1, 0.15) is 5.82 Å². The van der Waals surface area contributed by atoms with Crippen molar-refractivity contribution >= 4 is 0 Å². The van der Waals surface area contributed by atoms with Gasteiger partial charge in [-0.05, 0) is 36.9 Å². The Morgan fingerprint density at radius 2 is 2.33 bits per heavy atom. The molecule has 1 unspecified atom stereocenters. The van der Waals surface area contributed by atoms with Crippen molar-refractivity contribution in [1.29, 1.82) is 0 Å². The Kier molecular flexibility index (Phi) is 3.34. The number of hydrogen-bond acceptors (Lipinski definition) is 2. The minimum Gasteiger partial charge on any atom is -0.392 e. The van der Waals surface area contributed by atoms with Crippen LogP contribution in [-0.4, -0.2) is 18.2 Å². The highest BCUT2D eigenvalue weighted by atomic mass is 19.1. The van der Waals surface area contributed by atoms with Crippen LogP contribution in [0.5, 0.6) is 0 Å². The quantitative estimate of drug-likeness (QED) is 0.778. The Labute approximate surface area is 89.1 Å². The monoisotopic (exact) mass is 209 g/mol. The lowest BCUT2D eigenvalue weighted by Gasteiger charge is -2.23. The number of benzene rings is 1. The van der Waals surface area contributed by atoms with Gasteiger partial charge in [0.05, 0.1) is 6.61 Å². The standard InChI is InChI=1S/C12H16FNO/c13-12-4-3-9(6-11(12)8-15)10-2-1-5-14-7-10/h3-4,6,10,14-15H,1-2,5,7-8H2. The third kappa shape index (κ3) is 2.36. The summed E-state index contributed by atoms with van der Waals surface area (Å²) in [6, 6.07) is 5.06. The zero-order valence-corrected chi connectivity index (χ0v) is 8.67. The van der Waals surface area contributed by atoms with Crippen LogP contribution in [0, 0.1) is 5.82 Å². The van der Waals surface area contributed by atoms with Gasteiger partial charge in [0.2, 0.25) is 0 Å². The highest BCUT2D eigenvalue weighted by molar-refractivity contribution is 5.28. The highest BCUT2D eigenvalue weighted by Crippen LogP contribution is 2.24. The molecular formula is C12H16FNO. The number of rotatable bonds is 2. The lowest BCUT2D eigenvalue weighted by molar-refractivity contribution is 0.275. The average molecular weight is 209 g/mol. The molecule has 0 saturated carbocycles. The van der Waals surface area contributed by atoms with Crippen LogP contribution < -0.4 is 5.32 Å². The predicted octanol–water partition coefficient (Wildman–Crippen LogP) is 1.78. The molecule has 2 nitrogen and oxygen atoms in total. The molecule has 2 N–H and O–H groups in total. The fourth-order valence-corrected chi connectivity index (χ4v) is 2.11. The number of nitrogens with one attached hydrogen (secondary N) is 1. The molecule has 1 aromatic carbocycles. The van der Waals surface area contributed by atoms with E-state index in [0.29, 0.717) is 11.5 Å². The Morgan fingerprint density at radius 1 is 1.47 bits per heavy atom. The average Bonchev–Trinajstić information content (AvgIpc) is 2.31. The van der Waals surface area contributed by atoms with Gasteiger partial charge in [-0.3, -0.25) is 0 Å². The first-order valence-corrected chi connectivity index (χ1v) is 5.41. The summed E-state index contributed by atoms with van der Waals surface area (Å²) >= 11 is 0. The van der Waals surface area contributed by atoms with E-state index < -0.39 is 0 Å². The van der Waals surface area contributed by atoms with Crippen molar-refractivity contribution in [1.82, 2.24) is 5.32 Å². The predicted molar refractivity (Wildman–Crippen MR) is 57.2 cm³/mol. The lowest BCUT2D eigenvalue weighted by atomic mass is 9.91. The normalized spacial score (nSPS) is 21.6. The van der Waals surface area contributed by atoms with Gasteiger partial charge in [-0.2, -0.15) is 0 Å². The molecule has 0 bridgehead atoms. The molecule has 1 aliphatic heterocycles. The van der Waals surface area contributed by atoms with Crippen molar-refractivity contribution in [3.05, 3.63) is 35.1 Å². The van der Waals surface area contributed by atoms with Gasteiger partial charge in [0.25, 0.3) is 0 Å². The summed E-state index contributed by atoms with van der Waals surface area (Å²) < 4.78 is 13.2. The molecule has 0 amide bonds. The highest BCUT2D eigenvalue weighted by Gasteiger charge is 2.16. The first kappa shape index (κ1) is 10.6. The van der Waals surface area contributed by atoms with Crippen LogP contribution in [-0.2, 0) is 6.61 Å². The molecule has 82 valence electrons. The zero-order chi connectivity index (χ0) is 10.7. The Hall–Kier alpha value is -0.930. The van der Waals surface area contributed by atoms with Crippen LogP contribution in [0.3, 0.4) is 0 Å². The third-order valence-electron chi connectivity index (χ3n) is 3.01. The summed E-state index contributed by atoms with van der Waals surface area (Å²) in [7, 11) is 0. The van der Waals surface area contributed by atoms with E-state index in [4.69, 9.17) is 5.11 Å². The molecule has 1 saturated heterocycles. The lowest BCUT2D eigenvalue weighted by Crippen LogP contribution is -2.28. The molecule has 0 radical (unpaired) electrons. The fourth-order valence-electron chi connectivity index (χ4n) is 2.11. The minimum absolute atomic E-state index is 0.222.